The molecule has 0 amide bonds. The molecule has 1 aromatic carbocycles. The molecular weight excluding hydrogens is 240 g/mol. The fraction of sp³-hybridized carbons (Fsp3) is 0.250. The molecule has 0 atom stereocenters. The van der Waals surface area contributed by atoms with E-state index >= 15 is 0 Å². The van der Waals surface area contributed by atoms with Crippen LogP contribution in [-0.4, -0.2) is 20.6 Å². The molecule has 0 bridgehead atoms. The highest BCUT2D eigenvalue weighted by Crippen LogP contribution is 2.31. The lowest BCUT2D eigenvalue weighted by Crippen LogP contribution is -2.26. The first-order valence-electron chi connectivity index (χ1n) is 4.06. The predicted octanol–water partition coefficient (Wildman–Crippen LogP) is 1.23. The minimum absolute atomic E-state index is 0.0503. The lowest BCUT2D eigenvalue weighted by atomic mass is 10.2. The number of hydrogen-bond donors (Lipinski definition) is 3. The monoisotopic (exact) mass is 250 g/mol. The van der Waals surface area contributed by atoms with Crippen molar-refractivity contribution in [3.05, 3.63) is 22.7 Å². The van der Waals surface area contributed by atoms with E-state index in [1.54, 1.807) is 6.92 Å². The van der Waals surface area contributed by atoms with Gasteiger partial charge >= 0.3 is 0 Å². The average molecular weight is 251 g/mol. The van der Waals surface area contributed by atoms with Gasteiger partial charge in [0.05, 0.1) is 5.69 Å². The Hall–Kier alpha value is -0.980. The molecule has 0 fully saturated rings. The van der Waals surface area contributed by atoms with Gasteiger partial charge in [0.2, 0.25) is 0 Å². The zero-order valence-corrected chi connectivity index (χ0v) is 9.78. The van der Waals surface area contributed by atoms with Gasteiger partial charge < -0.3 is 5.11 Å². The zero-order chi connectivity index (χ0) is 11.6. The van der Waals surface area contributed by atoms with Crippen LogP contribution < -0.4 is 9.44 Å². The molecule has 1 aromatic rings. The van der Waals surface area contributed by atoms with Crippen LogP contribution in [0.4, 0.5) is 5.69 Å². The number of halogens is 1. The Kier molecular flexibility index (Phi) is 3.43. The van der Waals surface area contributed by atoms with E-state index in [2.05, 4.69) is 9.44 Å². The fourth-order valence-electron chi connectivity index (χ4n) is 1.01. The van der Waals surface area contributed by atoms with E-state index in [-0.39, 0.29) is 11.4 Å². The van der Waals surface area contributed by atoms with E-state index in [1.165, 1.54) is 19.2 Å². The molecule has 0 spiro atoms. The third-order valence-electron chi connectivity index (χ3n) is 1.78. The minimum Gasteiger partial charge on any atom is -0.505 e. The van der Waals surface area contributed by atoms with Crippen LogP contribution in [0.1, 0.15) is 5.56 Å². The van der Waals surface area contributed by atoms with E-state index in [4.69, 9.17) is 11.6 Å². The summed E-state index contributed by atoms with van der Waals surface area (Å²) in [6.07, 6.45) is 0. The van der Waals surface area contributed by atoms with Crippen LogP contribution in [-0.2, 0) is 10.2 Å². The van der Waals surface area contributed by atoms with E-state index in [9.17, 15) is 13.5 Å². The number of anilines is 1. The van der Waals surface area contributed by atoms with E-state index < -0.39 is 10.2 Å². The molecule has 1 rings (SSSR count). The van der Waals surface area contributed by atoms with Crippen molar-refractivity contribution in [3.8, 4) is 5.75 Å². The first-order chi connectivity index (χ1) is 6.85. The second-order valence-corrected chi connectivity index (χ2v) is 4.98. The smallest absolute Gasteiger partial charge is 0.298 e. The van der Waals surface area contributed by atoms with Gasteiger partial charge in [-0.15, -0.1) is 0 Å². The molecule has 0 aliphatic rings. The Balaban J connectivity index is 3.16. The van der Waals surface area contributed by atoms with Gasteiger partial charge in [0, 0.05) is 12.1 Å². The molecule has 7 heteroatoms. The molecule has 0 unspecified atom stereocenters. The van der Waals surface area contributed by atoms with Crippen LogP contribution in [0.15, 0.2) is 12.1 Å². The maximum Gasteiger partial charge on any atom is 0.298 e. The SMILES string of the molecule is CNS(=O)(=O)Nc1cc(Cl)cc(C)c1O. The molecule has 5 nitrogen and oxygen atoms in total. The average Bonchev–Trinajstić information content (AvgIpc) is 2.13. The summed E-state index contributed by atoms with van der Waals surface area (Å²) in [6.45, 7) is 1.62. The molecule has 0 saturated heterocycles. The third kappa shape index (κ3) is 2.98. The summed E-state index contributed by atoms with van der Waals surface area (Å²) < 4.78 is 26.5. The number of rotatable bonds is 3. The number of hydrogen-bond acceptors (Lipinski definition) is 3. The van der Waals surface area contributed by atoms with Crippen LogP contribution >= 0.6 is 11.6 Å². The second-order valence-electron chi connectivity index (χ2n) is 2.93. The maximum atomic E-state index is 11.2. The second kappa shape index (κ2) is 4.26. The molecule has 0 heterocycles. The van der Waals surface area contributed by atoms with Gasteiger partial charge in [0.1, 0.15) is 5.75 Å². The van der Waals surface area contributed by atoms with E-state index in [0.29, 0.717) is 10.6 Å². The van der Waals surface area contributed by atoms with Crippen molar-refractivity contribution < 1.29 is 13.5 Å². The molecule has 0 aliphatic heterocycles. The molecule has 3 N–H and O–H groups in total. The molecular formula is C8H11ClN2O3S. The molecule has 0 radical (unpaired) electrons. The molecule has 0 aromatic heterocycles. The van der Waals surface area contributed by atoms with Gasteiger partial charge in [-0.1, -0.05) is 11.6 Å². The largest absolute Gasteiger partial charge is 0.505 e. The highest BCUT2D eigenvalue weighted by atomic mass is 35.5. The van der Waals surface area contributed by atoms with Crippen LogP contribution in [0.25, 0.3) is 0 Å². The highest BCUT2D eigenvalue weighted by Gasteiger charge is 2.12. The number of benzene rings is 1. The van der Waals surface area contributed by atoms with Crippen molar-refractivity contribution in [3.63, 3.8) is 0 Å². The summed E-state index contributed by atoms with van der Waals surface area (Å²) >= 11 is 5.73. The Morgan fingerprint density at radius 1 is 1.40 bits per heavy atom. The van der Waals surface area contributed by atoms with Crippen molar-refractivity contribution in [2.45, 2.75) is 6.92 Å². The van der Waals surface area contributed by atoms with Gasteiger partial charge in [-0.05, 0) is 24.6 Å². The van der Waals surface area contributed by atoms with Crippen LogP contribution in [0, 0.1) is 6.92 Å². The van der Waals surface area contributed by atoms with Gasteiger partial charge in [0.15, 0.2) is 0 Å². The lowest BCUT2D eigenvalue weighted by molar-refractivity contribution is 0.473. The summed E-state index contributed by atoms with van der Waals surface area (Å²) in [4.78, 5) is 0. The summed E-state index contributed by atoms with van der Waals surface area (Å²) in [6, 6.07) is 2.87. The number of aromatic hydroxyl groups is 1. The quantitative estimate of drug-likeness (QED) is 0.706. The Morgan fingerprint density at radius 2 is 2.00 bits per heavy atom. The fourth-order valence-corrected chi connectivity index (χ4v) is 1.83. The van der Waals surface area contributed by atoms with Crippen LogP contribution in [0.2, 0.25) is 5.02 Å². The van der Waals surface area contributed by atoms with Crippen molar-refractivity contribution >= 4 is 27.5 Å². The van der Waals surface area contributed by atoms with Gasteiger partial charge in [-0.2, -0.15) is 8.42 Å². The van der Waals surface area contributed by atoms with Crippen molar-refractivity contribution in [1.29, 1.82) is 0 Å². The topological polar surface area (TPSA) is 78.4 Å². The normalized spacial score (nSPS) is 11.4. The van der Waals surface area contributed by atoms with E-state index in [0.717, 1.165) is 0 Å². The summed E-state index contributed by atoms with van der Waals surface area (Å²) in [5.41, 5.74) is 0.547. The van der Waals surface area contributed by atoms with Crippen molar-refractivity contribution in [1.82, 2.24) is 4.72 Å². The first kappa shape index (κ1) is 12.1. The zero-order valence-electron chi connectivity index (χ0n) is 8.20. The van der Waals surface area contributed by atoms with Crippen LogP contribution in [0.5, 0.6) is 5.75 Å². The van der Waals surface area contributed by atoms with Crippen LogP contribution in [0.3, 0.4) is 0 Å². The van der Waals surface area contributed by atoms with Crippen molar-refractivity contribution in [2.75, 3.05) is 11.8 Å². The number of aryl methyl sites for hydroxylation is 1. The van der Waals surface area contributed by atoms with Gasteiger partial charge in [-0.3, -0.25) is 4.72 Å². The van der Waals surface area contributed by atoms with E-state index in [1.807, 2.05) is 0 Å². The van der Waals surface area contributed by atoms with Gasteiger partial charge in [-0.25, -0.2) is 4.72 Å². The standard InChI is InChI=1S/C8H11ClN2O3S/c1-5-3-6(9)4-7(8(5)12)11-15(13,14)10-2/h3-4,10-12H,1-2H3. The summed E-state index contributed by atoms with van der Waals surface area (Å²) in [5.74, 6) is -0.141. The number of nitrogens with one attached hydrogen (secondary N) is 2. The molecule has 0 aliphatic carbocycles. The summed E-state index contributed by atoms with van der Waals surface area (Å²) in [7, 11) is -2.39. The number of phenolic OH excluding ortho intramolecular Hbond substituents is 1. The third-order valence-corrected chi connectivity index (χ3v) is 3.02. The molecule has 0 saturated carbocycles. The summed E-state index contributed by atoms with van der Waals surface area (Å²) in [5, 5.41) is 9.91. The van der Waals surface area contributed by atoms with Gasteiger partial charge in [0.25, 0.3) is 10.2 Å². The van der Waals surface area contributed by atoms with Crippen molar-refractivity contribution in [2.24, 2.45) is 0 Å². The maximum absolute atomic E-state index is 11.2. The number of phenols is 1. The lowest BCUT2D eigenvalue weighted by Gasteiger charge is -2.10. The Labute approximate surface area is 93.3 Å². The first-order valence-corrected chi connectivity index (χ1v) is 5.92. The predicted molar refractivity (Wildman–Crippen MR) is 59.5 cm³/mol. The molecule has 84 valence electrons. The highest BCUT2D eigenvalue weighted by molar-refractivity contribution is 7.90. The minimum atomic E-state index is -3.65. The Bertz CT molecular complexity index is 473. The Morgan fingerprint density at radius 3 is 2.53 bits per heavy atom. The molecule has 15 heavy (non-hydrogen) atoms.